The number of hydrogen-bond acceptors (Lipinski definition) is 8. The molecule has 2 atom stereocenters. The number of pyridine rings is 2. The number of nitrogens with one attached hydrogen (secondary N) is 1. The van der Waals surface area contributed by atoms with E-state index in [0.29, 0.717) is 62.9 Å². The lowest BCUT2D eigenvalue weighted by Gasteiger charge is -2.35. The van der Waals surface area contributed by atoms with Gasteiger partial charge in [-0.2, -0.15) is 5.26 Å². The SMILES string of the molecule is CC(=O)O.N#Cc1ccc2ccc(=O)n(CCN3CC[C@H](NCc4cc5c(cn4)OCCO5)[C@H](F)C3)c2c1. The first-order valence-corrected chi connectivity index (χ1v) is 12.4. The Morgan fingerprint density at radius 2 is 1.95 bits per heavy atom. The van der Waals surface area contributed by atoms with Crippen LogP contribution in [0.1, 0.15) is 24.6 Å². The van der Waals surface area contributed by atoms with Gasteiger partial charge >= 0.3 is 0 Å². The summed E-state index contributed by atoms with van der Waals surface area (Å²) in [6.07, 6.45) is 1.28. The predicted octanol–water partition coefficient (Wildman–Crippen LogP) is 2.33. The van der Waals surface area contributed by atoms with Crippen LogP contribution < -0.4 is 20.3 Å². The average Bonchev–Trinajstić information content (AvgIpc) is 2.91. The summed E-state index contributed by atoms with van der Waals surface area (Å²) in [6.45, 7) is 4.60. The van der Waals surface area contributed by atoms with Crippen LogP contribution in [0.3, 0.4) is 0 Å². The van der Waals surface area contributed by atoms with E-state index in [-0.39, 0.29) is 11.6 Å². The van der Waals surface area contributed by atoms with Crippen molar-refractivity contribution in [1.82, 2.24) is 19.8 Å². The van der Waals surface area contributed by atoms with Crippen LogP contribution in [-0.2, 0) is 17.9 Å². The predicted molar refractivity (Wildman–Crippen MR) is 138 cm³/mol. The number of nitrogens with zero attached hydrogens (tertiary/aromatic N) is 4. The topological polar surface area (TPSA) is 130 Å². The second kappa shape index (κ2) is 12.5. The van der Waals surface area contributed by atoms with E-state index >= 15 is 0 Å². The third-order valence-electron chi connectivity index (χ3n) is 6.42. The summed E-state index contributed by atoms with van der Waals surface area (Å²) in [6, 6.07) is 12.3. The van der Waals surface area contributed by atoms with Gasteiger partial charge in [0.2, 0.25) is 0 Å². The number of aromatic nitrogens is 2. The summed E-state index contributed by atoms with van der Waals surface area (Å²) in [4.78, 5) is 27.9. The molecule has 0 spiro atoms. The van der Waals surface area contributed by atoms with E-state index in [9.17, 15) is 14.4 Å². The highest BCUT2D eigenvalue weighted by Crippen LogP contribution is 2.29. The quantitative estimate of drug-likeness (QED) is 0.500. The number of carboxylic acid groups (broad SMARTS) is 1. The molecule has 200 valence electrons. The zero-order chi connectivity index (χ0) is 27.1. The molecule has 2 aromatic heterocycles. The fourth-order valence-electron chi connectivity index (χ4n) is 4.55. The minimum absolute atomic E-state index is 0.122. The molecule has 4 heterocycles. The van der Waals surface area contributed by atoms with Crippen LogP contribution in [0.2, 0.25) is 0 Å². The lowest BCUT2D eigenvalue weighted by molar-refractivity contribution is -0.134. The van der Waals surface area contributed by atoms with E-state index < -0.39 is 12.1 Å². The number of ether oxygens (including phenoxy) is 2. The fourth-order valence-corrected chi connectivity index (χ4v) is 4.55. The molecule has 1 saturated heterocycles. The molecule has 3 aromatic rings. The van der Waals surface area contributed by atoms with Crippen molar-refractivity contribution >= 4 is 16.9 Å². The number of nitriles is 1. The Labute approximate surface area is 219 Å². The van der Waals surface area contributed by atoms with E-state index in [2.05, 4.69) is 16.4 Å². The van der Waals surface area contributed by atoms with Gasteiger partial charge in [0.05, 0.1) is 29.0 Å². The number of halogens is 1. The minimum atomic E-state index is -1.03. The maximum atomic E-state index is 15.0. The van der Waals surface area contributed by atoms with Crippen LogP contribution in [0.25, 0.3) is 10.9 Å². The minimum Gasteiger partial charge on any atom is -0.486 e. The van der Waals surface area contributed by atoms with Gasteiger partial charge in [0.1, 0.15) is 19.4 Å². The van der Waals surface area contributed by atoms with Gasteiger partial charge in [-0.3, -0.25) is 19.5 Å². The Bertz CT molecular complexity index is 1380. The molecule has 2 N–H and O–H groups in total. The lowest BCUT2D eigenvalue weighted by atomic mass is 10.0. The molecule has 0 unspecified atom stereocenters. The number of hydrogen-bond donors (Lipinski definition) is 2. The maximum absolute atomic E-state index is 15.0. The average molecular weight is 524 g/mol. The van der Waals surface area contributed by atoms with Crippen LogP contribution in [-0.4, -0.2) is 70.6 Å². The van der Waals surface area contributed by atoms with E-state index in [0.717, 1.165) is 30.1 Å². The van der Waals surface area contributed by atoms with Gasteiger partial charge in [-0.15, -0.1) is 0 Å². The van der Waals surface area contributed by atoms with E-state index in [1.165, 1.54) is 6.07 Å². The van der Waals surface area contributed by atoms with Crippen LogP contribution in [0.4, 0.5) is 4.39 Å². The molecule has 11 heteroatoms. The number of piperidine rings is 1. The van der Waals surface area contributed by atoms with E-state index in [4.69, 9.17) is 19.4 Å². The Morgan fingerprint density at radius 3 is 2.68 bits per heavy atom. The van der Waals surface area contributed by atoms with Crippen LogP contribution >= 0.6 is 0 Å². The Balaban J connectivity index is 0.000000786. The maximum Gasteiger partial charge on any atom is 0.300 e. The van der Waals surface area contributed by atoms with Gasteiger partial charge in [0.15, 0.2) is 11.5 Å². The summed E-state index contributed by atoms with van der Waals surface area (Å²) in [5.74, 6) is 0.482. The van der Waals surface area contributed by atoms with Crippen molar-refractivity contribution in [2.24, 2.45) is 0 Å². The van der Waals surface area contributed by atoms with Crippen LogP contribution in [0.15, 0.2) is 47.4 Å². The smallest absolute Gasteiger partial charge is 0.300 e. The van der Waals surface area contributed by atoms with Crippen molar-refractivity contribution in [3.63, 3.8) is 0 Å². The van der Waals surface area contributed by atoms with Crippen molar-refractivity contribution in [2.75, 3.05) is 32.8 Å². The number of aliphatic carboxylic acids is 1. The lowest BCUT2D eigenvalue weighted by Crippen LogP contribution is -2.51. The summed E-state index contributed by atoms with van der Waals surface area (Å²) in [5, 5.41) is 20.8. The highest BCUT2D eigenvalue weighted by molar-refractivity contribution is 5.80. The number of likely N-dealkylation sites (tertiary alicyclic amines) is 1. The van der Waals surface area contributed by atoms with Gasteiger partial charge in [-0.1, -0.05) is 6.07 Å². The van der Waals surface area contributed by atoms with Crippen molar-refractivity contribution in [3.8, 4) is 17.6 Å². The zero-order valence-electron chi connectivity index (χ0n) is 21.1. The molecule has 0 saturated carbocycles. The molecule has 2 aliphatic rings. The van der Waals surface area contributed by atoms with Gasteiger partial charge in [0, 0.05) is 51.3 Å². The van der Waals surface area contributed by atoms with Crippen molar-refractivity contribution in [2.45, 2.75) is 38.6 Å². The first-order chi connectivity index (χ1) is 18.3. The normalized spacial score (nSPS) is 18.8. The molecule has 1 fully saturated rings. The second-order valence-electron chi connectivity index (χ2n) is 9.14. The van der Waals surface area contributed by atoms with Crippen LogP contribution in [0.5, 0.6) is 11.5 Å². The first kappa shape index (κ1) is 27.0. The first-order valence-electron chi connectivity index (χ1n) is 12.4. The number of alkyl halides is 1. The molecule has 10 nitrogen and oxygen atoms in total. The molecular formula is C27H30FN5O5. The van der Waals surface area contributed by atoms with E-state index in [1.807, 2.05) is 17.0 Å². The van der Waals surface area contributed by atoms with Crippen molar-refractivity contribution < 1.29 is 23.8 Å². The van der Waals surface area contributed by atoms with E-state index in [1.54, 1.807) is 29.0 Å². The van der Waals surface area contributed by atoms with Crippen molar-refractivity contribution in [3.05, 3.63) is 64.2 Å². The Hall–Kier alpha value is -4.01. The molecule has 0 bridgehead atoms. The van der Waals surface area contributed by atoms with Crippen LogP contribution in [0, 0.1) is 11.3 Å². The standard InChI is InChI=1S/C25H26FN5O3.C2H4O2/c26-20-16-30(7-8-31-22-11-17(13-27)1-2-18(22)3-4-25(31)32)6-5-21(20)29-14-19-12-23-24(15-28-19)34-10-9-33-23;1-2(3)4/h1-4,11-12,15,20-21,29H,5-10,14,16H2;1H3,(H,3,4)/t20-,21+;/m1./s1. The summed E-state index contributed by atoms with van der Waals surface area (Å²) in [7, 11) is 0. The number of fused-ring (bicyclic) bond motifs is 2. The summed E-state index contributed by atoms with van der Waals surface area (Å²) < 4.78 is 27.7. The highest BCUT2D eigenvalue weighted by atomic mass is 19.1. The molecule has 2 aliphatic heterocycles. The highest BCUT2D eigenvalue weighted by Gasteiger charge is 2.29. The largest absolute Gasteiger partial charge is 0.486 e. The molecule has 0 amide bonds. The molecule has 0 radical (unpaired) electrons. The molecule has 38 heavy (non-hydrogen) atoms. The van der Waals surface area contributed by atoms with Gasteiger partial charge in [-0.25, -0.2) is 4.39 Å². The Morgan fingerprint density at radius 1 is 1.21 bits per heavy atom. The molecular weight excluding hydrogens is 493 g/mol. The molecule has 5 rings (SSSR count). The van der Waals surface area contributed by atoms with Gasteiger partial charge < -0.3 is 24.5 Å². The third kappa shape index (κ3) is 6.85. The monoisotopic (exact) mass is 523 g/mol. The zero-order valence-corrected chi connectivity index (χ0v) is 21.1. The second-order valence-corrected chi connectivity index (χ2v) is 9.14. The van der Waals surface area contributed by atoms with Gasteiger partial charge in [0.25, 0.3) is 11.5 Å². The molecule has 0 aliphatic carbocycles. The number of carbonyl (C=O) groups is 1. The Kier molecular flexibility index (Phi) is 8.89. The number of rotatable bonds is 6. The van der Waals surface area contributed by atoms with Gasteiger partial charge in [-0.05, 0) is 36.6 Å². The summed E-state index contributed by atoms with van der Waals surface area (Å²) >= 11 is 0. The summed E-state index contributed by atoms with van der Waals surface area (Å²) in [5.41, 5.74) is 1.90. The van der Waals surface area contributed by atoms with Crippen molar-refractivity contribution in [1.29, 1.82) is 5.26 Å². The molecule has 1 aromatic carbocycles. The number of carboxylic acids is 1. The number of benzene rings is 1. The third-order valence-corrected chi connectivity index (χ3v) is 6.42. The fraction of sp³-hybridized carbons (Fsp3) is 0.407.